The third kappa shape index (κ3) is 3.97. The molecule has 0 spiro atoms. The number of carboxylic acids is 1. The summed E-state index contributed by atoms with van der Waals surface area (Å²) in [6.07, 6.45) is 0.639. The molecular formula is C17H19FN2O3S. The second-order valence-corrected chi connectivity index (χ2v) is 6.61. The van der Waals surface area contributed by atoms with E-state index in [9.17, 15) is 19.1 Å². The lowest BCUT2D eigenvalue weighted by Crippen LogP contribution is -2.44. The van der Waals surface area contributed by atoms with Crippen molar-refractivity contribution in [1.29, 1.82) is 0 Å². The zero-order valence-corrected chi connectivity index (χ0v) is 14.5. The molecule has 2 N–H and O–H groups in total. The molecule has 128 valence electrons. The standard InChI is InChI=1S/C17H19FN2O3S/c1-4-9(2)13(17(22)23)20-15(21)14-10(3)19-16(24-14)11-5-7-12(18)8-6-11/h5-9,13H,4H2,1-3H3,(H,20,21)(H,22,23). The zero-order chi connectivity index (χ0) is 17.9. The van der Waals surface area contributed by atoms with Crippen LogP contribution in [0.25, 0.3) is 10.6 Å². The first kappa shape index (κ1) is 18.1. The van der Waals surface area contributed by atoms with Gasteiger partial charge in [-0.25, -0.2) is 14.2 Å². The predicted octanol–water partition coefficient (Wildman–Crippen LogP) is 3.49. The minimum absolute atomic E-state index is 0.184. The van der Waals surface area contributed by atoms with Gasteiger partial charge in [0.2, 0.25) is 0 Å². The van der Waals surface area contributed by atoms with E-state index in [0.29, 0.717) is 27.6 Å². The topological polar surface area (TPSA) is 79.3 Å². The highest BCUT2D eigenvalue weighted by molar-refractivity contribution is 7.17. The number of carbonyl (C=O) groups is 2. The van der Waals surface area contributed by atoms with Crippen LogP contribution in [0.3, 0.4) is 0 Å². The molecule has 0 aliphatic rings. The van der Waals surface area contributed by atoms with Crippen LogP contribution in [0, 0.1) is 18.7 Å². The Morgan fingerprint density at radius 2 is 1.96 bits per heavy atom. The van der Waals surface area contributed by atoms with Gasteiger partial charge in [0.25, 0.3) is 5.91 Å². The number of rotatable bonds is 6. The molecule has 2 aromatic rings. The van der Waals surface area contributed by atoms with Gasteiger partial charge in [-0.1, -0.05) is 20.3 Å². The largest absolute Gasteiger partial charge is 0.480 e. The first-order valence-electron chi connectivity index (χ1n) is 7.60. The Morgan fingerprint density at radius 1 is 1.33 bits per heavy atom. The summed E-state index contributed by atoms with van der Waals surface area (Å²) >= 11 is 1.16. The maximum Gasteiger partial charge on any atom is 0.326 e. The molecule has 1 aromatic heterocycles. The third-order valence-corrected chi connectivity index (χ3v) is 5.06. The first-order valence-corrected chi connectivity index (χ1v) is 8.42. The number of aliphatic carboxylic acids is 1. The van der Waals surface area contributed by atoms with E-state index in [0.717, 1.165) is 11.3 Å². The molecular weight excluding hydrogens is 331 g/mol. The van der Waals surface area contributed by atoms with E-state index in [1.165, 1.54) is 12.1 Å². The van der Waals surface area contributed by atoms with Gasteiger partial charge in [0.1, 0.15) is 21.7 Å². The van der Waals surface area contributed by atoms with Crippen molar-refractivity contribution >= 4 is 23.2 Å². The van der Waals surface area contributed by atoms with Gasteiger partial charge in [-0.2, -0.15) is 0 Å². The summed E-state index contributed by atoms with van der Waals surface area (Å²) in [6.45, 7) is 5.34. The lowest BCUT2D eigenvalue weighted by atomic mass is 9.99. The minimum atomic E-state index is -1.06. The Hall–Kier alpha value is -2.28. The molecule has 5 nitrogen and oxygen atoms in total. The molecule has 0 saturated heterocycles. The summed E-state index contributed by atoms with van der Waals surface area (Å²) in [6, 6.07) is 4.89. The van der Waals surface area contributed by atoms with E-state index in [1.807, 2.05) is 6.92 Å². The van der Waals surface area contributed by atoms with Gasteiger partial charge in [-0.15, -0.1) is 11.3 Å². The maximum absolute atomic E-state index is 13.0. The molecule has 1 heterocycles. The van der Waals surface area contributed by atoms with Crippen molar-refractivity contribution in [2.24, 2.45) is 5.92 Å². The van der Waals surface area contributed by atoms with Crippen LogP contribution >= 0.6 is 11.3 Å². The summed E-state index contributed by atoms with van der Waals surface area (Å²) in [7, 11) is 0. The molecule has 0 saturated carbocycles. The molecule has 1 amide bonds. The summed E-state index contributed by atoms with van der Waals surface area (Å²) < 4.78 is 13.0. The lowest BCUT2D eigenvalue weighted by Gasteiger charge is -2.19. The SMILES string of the molecule is CCC(C)C(NC(=O)c1sc(-c2ccc(F)cc2)nc1C)C(=O)O. The van der Waals surface area contributed by atoms with Crippen molar-refractivity contribution in [3.63, 3.8) is 0 Å². The molecule has 7 heteroatoms. The molecule has 24 heavy (non-hydrogen) atoms. The van der Waals surface area contributed by atoms with Gasteiger partial charge in [-0.05, 0) is 37.1 Å². The highest BCUT2D eigenvalue weighted by Gasteiger charge is 2.27. The lowest BCUT2D eigenvalue weighted by molar-refractivity contribution is -0.140. The van der Waals surface area contributed by atoms with E-state index < -0.39 is 17.9 Å². The summed E-state index contributed by atoms with van der Waals surface area (Å²) in [5.41, 5.74) is 1.23. The fourth-order valence-corrected chi connectivity index (χ4v) is 3.19. The van der Waals surface area contributed by atoms with Gasteiger partial charge < -0.3 is 10.4 Å². The van der Waals surface area contributed by atoms with Crippen LogP contribution in [0.5, 0.6) is 0 Å². The number of carboxylic acid groups (broad SMARTS) is 1. The van der Waals surface area contributed by atoms with Crippen LogP contribution in [-0.2, 0) is 4.79 Å². The van der Waals surface area contributed by atoms with Crippen LogP contribution in [0.2, 0.25) is 0 Å². The van der Waals surface area contributed by atoms with E-state index in [1.54, 1.807) is 26.0 Å². The smallest absolute Gasteiger partial charge is 0.326 e. The number of carbonyl (C=O) groups excluding carboxylic acids is 1. The van der Waals surface area contributed by atoms with Crippen molar-refractivity contribution < 1.29 is 19.1 Å². The highest BCUT2D eigenvalue weighted by atomic mass is 32.1. The second-order valence-electron chi connectivity index (χ2n) is 5.62. The number of halogens is 1. The molecule has 0 aliphatic heterocycles. The Morgan fingerprint density at radius 3 is 2.50 bits per heavy atom. The zero-order valence-electron chi connectivity index (χ0n) is 13.7. The quantitative estimate of drug-likeness (QED) is 0.836. The van der Waals surface area contributed by atoms with Crippen LogP contribution in [0.1, 0.15) is 35.6 Å². The normalized spacial score (nSPS) is 13.3. The fraction of sp³-hybridized carbons (Fsp3) is 0.353. The van der Waals surface area contributed by atoms with E-state index in [2.05, 4.69) is 10.3 Å². The first-order chi connectivity index (χ1) is 11.3. The Bertz CT molecular complexity index is 743. The summed E-state index contributed by atoms with van der Waals surface area (Å²) in [5, 5.41) is 12.4. The van der Waals surface area contributed by atoms with E-state index >= 15 is 0 Å². The number of aryl methyl sites for hydroxylation is 1. The Labute approximate surface area is 143 Å². The van der Waals surface area contributed by atoms with E-state index in [-0.39, 0.29) is 11.7 Å². The number of thiazole rings is 1. The molecule has 2 rings (SSSR count). The number of nitrogens with one attached hydrogen (secondary N) is 1. The second kappa shape index (κ2) is 7.53. The minimum Gasteiger partial charge on any atom is -0.480 e. The Balaban J connectivity index is 2.24. The molecule has 2 atom stereocenters. The van der Waals surface area contributed by atoms with Crippen molar-refractivity contribution in [2.45, 2.75) is 33.2 Å². The Kier molecular flexibility index (Phi) is 5.66. The fourth-order valence-electron chi connectivity index (χ4n) is 2.21. The van der Waals surface area contributed by atoms with Crippen LogP contribution in [-0.4, -0.2) is 28.0 Å². The van der Waals surface area contributed by atoms with Gasteiger partial charge in [0.05, 0.1) is 5.69 Å². The van der Waals surface area contributed by atoms with Gasteiger partial charge >= 0.3 is 5.97 Å². The summed E-state index contributed by atoms with van der Waals surface area (Å²) in [5.74, 6) is -2.04. The van der Waals surface area contributed by atoms with Gasteiger partial charge in [0.15, 0.2) is 0 Å². The van der Waals surface area contributed by atoms with Crippen molar-refractivity contribution in [3.05, 3.63) is 40.7 Å². The average molecular weight is 350 g/mol. The molecule has 0 radical (unpaired) electrons. The number of amides is 1. The molecule has 0 aliphatic carbocycles. The highest BCUT2D eigenvalue weighted by Crippen LogP contribution is 2.28. The number of benzene rings is 1. The summed E-state index contributed by atoms with van der Waals surface area (Å²) in [4.78, 5) is 28.5. The van der Waals surface area contributed by atoms with Crippen LogP contribution in [0.4, 0.5) is 4.39 Å². The molecule has 1 aromatic carbocycles. The number of hydrogen-bond donors (Lipinski definition) is 2. The van der Waals surface area contributed by atoms with Crippen molar-refractivity contribution in [2.75, 3.05) is 0 Å². The van der Waals surface area contributed by atoms with E-state index in [4.69, 9.17) is 0 Å². The monoisotopic (exact) mass is 350 g/mol. The van der Waals surface area contributed by atoms with Crippen molar-refractivity contribution in [1.82, 2.24) is 10.3 Å². The average Bonchev–Trinajstić information content (AvgIpc) is 2.94. The van der Waals surface area contributed by atoms with Crippen LogP contribution in [0.15, 0.2) is 24.3 Å². The molecule has 0 fully saturated rings. The van der Waals surface area contributed by atoms with Gasteiger partial charge in [-0.3, -0.25) is 4.79 Å². The maximum atomic E-state index is 13.0. The third-order valence-electron chi connectivity index (χ3n) is 3.86. The van der Waals surface area contributed by atoms with Gasteiger partial charge in [0, 0.05) is 5.56 Å². The number of hydrogen-bond acceptors (Lipinski definition) is 4. The van der Waals surface area contributed by atoms with Crippen molar-refractivity contribution in [3.8, 4) is 10.6 Å². The predicted molar refractivity (Wildman–Crippen MR) is 90.6 cm³/mol. The number of aromatic nitrogens is 1. The molecule has 2 unspecified atom stereocenters. The number of nitrogens with zero attached hydrogens (tertiary/aromatic N) is 1. The molecule has 0 bridgehead atoms. The van der Waals surface area contributed by atoms with Crippen LogP contribution < -0.4 is 5.32 Å².